The molecule has 0 saturated carbocycles. The van der Waals surface area contributed by atoms with E-state index in [0.29, 0.717) is 0 Å². The van der Waals surface area contributed by atoms with Crippen molar-refractivity contribution in [1.82, 2.24) is 4.98 Å². The van der Waals surface area contributed by atoms with Gasteiger partial charge in [0, 0.05) is 13.1 Å². The van der Waals surface area contributed by atoms with E-state index in [1.807, 2.05) is 0 Å². The number of anilines is 1. The number of amides is 1. The second-order valence-electron chi connectivity index (χ2n) is 2.41. The molecule has 68 valence electrons. The third-order valence-corrected chi connectivity index (χ3v) is 1.36. The Morgan fingerprint density at radius 3 is 2.77 bits per heavy atom. The van der Waals surface area contributed by atoms with Crippen molar-refractivity contribution in [2.75, 3.05) is 5.32 Å². The van der Waals surface area contributed by atoms with Gasteiger partial charge in [0.05, 0.1) is 17.4 Å². The summed E-state index contributed by atoms with van der Waals surface area (Å²) < 4.78 is 0. The van der Waals surface area contributed by atoms with Crippen LogP contribution in [0.3, 0.4) is 0 Å². The van der Waals surface area contributed by atoms with Crippen molar-refractivity contribution in [1.29, 1.82) is 0 Å². The van der Waals surface area contributed by atoms with Crippen LogP contribution in [0.4, 0.5) is 5.69 Å². The molecule has 13 heavy (non-hydrogen) atoms. The van der Waals surface area contributed by atoms with Gasteiger partial charge < -0.3 is 10.4 Å². The van der Waals surface area contributed by atoms with E-state index in [4.69, 9.17) is 5.11 Å². The van der Waals surface area contributed by atoms with Gasteiger partial charge in [-0.3, -0.25) is 9.78 Å². The molecule has 0 atom stereocenters. The molecule has 1 aromatic heterocycles. The number of nitrogens with one attached hydrogen (secondary N) is 1. The fourth-order valence-corrected chi connectivity index (χ4v) is 0.870. The summed E-state index contributed by atoms with van der Waals surface area (Å²) in [6, 6.07) is 1.33. The van der Waals surface area contributed by atoms with Crippen LogP contribution in [0.5, 0.6) is 0 Å². The van der Waals surface area contributed by atoms with Gasteiger partial charge in [-0.15, -0.1) is 0 Å². The first kappa shape index (κ1) is 9.18. The van der Waals surface area contributed by atoms with Crippen LogP contribution in [0.1, 0.15) is 17.3 Å². The van der Waals surface area contributed by atoms with Gasteiger partial charge in [-0.05, 0) is 6.07 Å². The van der Waals surface area contributed by atoms with Gasteiger partial charge in [-0.2, -0.15) is 0 Å². The highest BCUT2D eigenvalue weighted by molar-refractivity contribution is 5.99. The Balaban J connectivity index is 3.04. The van der Waals surface area contributed by atoms with Crippen molar-refractivity contribution in [2.45, 2.75) is 6.92 Å². The highest BCUT2D eigenvalue weighted by atomic mass is 16.4. The van der Waals surface area contributed by atoms with E-state index >= 15 is 0 Å². The van der Waals surface area contributed by atoms with Crippen molar-refractivity contribution < 1.29 is 14.7 Å². The summed E-state index contributed by atoms with van der Waals surface area (Å²) in [5.74, 6) is -1.42. The van der Waals surface area contributed by atoms with Crippen LogP contribution < -0.4 is 5.32 Å². The van der Waals surface area contributed by atoms with Crippen LogP contribution in [0.2, 0.25) is 0 Å². The van der Waals surface area contributed by atoms with E-state index in [9.17, 15) is 9.59 Å². The highest BCUT2D eigenvalue weighted by Gasteiger charge is 2.09. The molecule has 0 unspecified atom stereocenters. The van der Waals surface area contributed by atoms with Crippen molar-refractivity contribution >= 4 is 17.6 Å². The normalized spacial score (nSPS) is 9.31. The van der Waals surface area contributed by atoms with E-state index in [0.717, 1.165) is 0 Å². The predicted molar refractivity (Wildman–Crippen MR) is 45.5 cm³/mol. The zero-order valence-electron chi connectivity index (χ0n) is 6.94. The fraction of sp³-hybridized carbons (Fsp3) is 0.125. The molecule has 1 aromatic rings. The number of carboxylic acids is 1. The van der Waals surface area contributed by atoms with Crippen molar-refractivity contribution in [3.05, 3.63) is 24.0 Å². The number of aromatic carboxylic acids is 1. The molecule has 2 N–H and O–H groups in total. The number of rotatable bonds is 2. The molecule has 1 amide bonds. The summed E-state index contributed by atoms with van der Waals surface area (Å²) in [6.07, 6.45) is 2.65. The second-order valence-corrected chi connectivity index (χ2v) is 2.41. The topological polar surface area (TPSA) is 79.3 Å². The lowest BCUT2D eigenvalue weighted by Crippen LogP contribution is -2.10. The zero-order chi connectivity index (χ0) is 9.84. The summed E-state index contributed by atoms with van der Waals surface area (Å²) in [4.78, 5) is 25.0. The Kier molecular flexibility index (Phi) is 2.59. The van der Waals surface area contributed by atoms with E-state index in [2.05, 4.69) is 10.3 Å². The quantitative estimate of drug-likeness (QED) is 0.703. The average Bonchev–Trinajstić information content (AvgIpc) is 2.03. The number of hydrogen-bond donors (Lipinski definition) is 2. The smallest absolute Gasteiger partial charge is 0.337 e. The molecule has 5 heteroatoms. The van der Waals surface area contributed by atoms with Crippen LogP contribution in [0.25, 0.3) is 0 Å². The van der Waals surface area contributed by atoms with E-state index in [1.54, 1.807) is 0 Å². The van der Waals surface area contributed by atoms with Crippen molar-refractivity contribution in [3.8, 4) is 0 Å². The lowest BCUT2D eigenvalue weighted by atomic mass is 10.2. The number of hydrogen-bond acceptors (Lipinski definition) is 3. The number of aromatic nitrogens is 1. The third kappa shape index (κ3) is 2.26. The molecule has 5 nitrogen and oxygen atoms in total. The monoisotopic (exact) mass is 180 g/mol. The molecular formula is C8H8N2O3. The number of carboxylic acid groups (broad SMARTS) is 1. The first-order chi connectivity index (χ1) is 6.11. The number of carbonyl (C=O) groups excluding carboxylic acids is 1. The maximum Gasteiger partial charge on any atom is 0.337 e. The lowest BCUT2D eigenvalue weighted by molar-refractivity contribution is -0.114. The van der Waals surface area contributed by atoms with Gasteiger partial charge in [0.15, 0.2) is 0 Å². The summed E-state index contributed by atoms with van der Waals surface area (Å²) in [5, 5.41) is 11.1. The fourth-order valence-electron chi connectivity index (χ4n) is 0.870. The minimum Gasteiger partial charge on any atom is -0.478 e. The molecule has 1 rings (SSSR count). The molecule has 0 aliphatic heterocycles. The standard InChI is InChI=1S/C8H8N2O3/c1-5(11)10-7-4-9-3-2-6(7)8(12)13/h2-4H,1H3,(H,10,11)(H,12,13). The molecule has 0 aliphatic carbocycles. The van der Waals surface area contributed by atoms with Crippen LogP contribution in [-0.2, 0) is 4.79 Å². The minimum atomic E-state index is -1.09. The van der Waals surface area contributed by atoms with Crippen LogP contribution in [-0.4, -0.2) is 22.0 Å². The minimum absolute atomic E-state index is 0.0326. The van der Waals surface area contributed by atoms with Gasteiger partial charge >= 0.3 is 5.97 Å². The summed E-state index contributed by atoms with van der Waals surface area (Å²) in [7, 11) is 0. The molecule has 0 bridgehead atoms. The molecule has 0 aliphatic rings. The maximum absolute atomic E-state index is 10.7. The Morgan fingerprint density at radius 1 is 1.54 bits per heavy atom. The second kappa shape index (κ2) is 3.66. The first-order valence-corrected chi connectivity index (χ1v) is 3.56. The highest BCUT2D eigenvalue weighted by Crippen LogP contribution is 2.12. The lowest BCUT2D eigenvalue weighted by Gasteiger charge is -2.04. The summed E-state index contributed by atoms with van der Waals surface area (Å²) in [5.41, 5.74) is 0.243. The van der Waals surface area contributed by atoms with Crippen LogP contribution in [0.15, 0.2) is 18.5 Å². The van der Waals surface area contributed by atoms with Gasteiger partial charge in [-0.1, -0.05) is 0 Å². The molecule has 1 heterocycles. The van der Waals surface area contributed by atoms with Crippen LogP contribution in [0, 0.1) is 0 Å². The molecule has 0 radical (unpaired) electrons. The van der Waals surface area contributed by atoms with Crippen LogP contribution >= 0.6 is 0 Å². The molecule has 0 fully saturated rings. The Hall–Kier alpha value is -1.91. The SMILES string of the molecule is CC(=O)Nc1cnccc1C(=O)O. The average molecular weight is 180 g/mol. The largest absolute Gasteiger partial charge is 0.478 e. The van der Waals surface area contributed by atoms with Crippen molar-refractivity contribution in [3.63, 3.8) is 0 Å². The predicted octanol–water partition coefficient (Wildman–Crippen LogP) is 0.738. The van der Waals surface area contributed by atoms with Gasteiger partial charge in [-0.25, -0.2) is 4.79 Å². The van der Waals surface area contributed by atoms with E-state index in [-0.39, 0.29) is 17.2 Å². The van der Waals surface area contributed by atoms with Gasteiger partial charge in [0.1, 0.15) is 0 Å². The number of nitrogens with zero attached hydrogens (tertiary/aromatic N) is 1. The third-order valence-electron chi connectivity index (χ3n) is 1.36. The van der Waals surface area contributed by atoms with E-state index in [1.165, 1.54) is 25.4 Å². The molecular weight excluding hydrogens is 172 g/mol. The van der Waals surface area contributed by atoms with Gasteiger partial charge in [0.25, 0.3) is 0 Å². The van der Waals surface area contributed by atoms with Crippen molar-refractivity contribution in [2.24, 2.45) is 0 Å². The summed E-state index contributed by atoms with van der Waals surface area (Å²) in [6.45, 7) is 1.30. The molecule has 0 aromatic carbocycles. The molecule has 0 spiro atoms. The number of carbonyl (C=O) groups is 2. The Morgan fingerprint density at radius 2 is 2.23 bits per heavy atom. The zero-order valence-corrected chi connectivity index (χ0v) is 6.94. The summed E-state index contributed by atoms with van der Waals surface area (Å²) >= 11 is 0. The van der Waals surface area contributed by atoms with E-state index < -0.39 is 5.97 Å². The van der Waals surface area contributed by atoms with Gasteiger partial charge in [0.2, 0.25) is 5.91 Å². The number of pyridine rings is 1. The molecule has 0 saturated heterocycles. The Bertz CT molecular complexity index is 349. The Labute approximate surface area is 74.4 Å². The first-order valence-electron chi connectivity index (χ1n) is 3.56. The maximum atomic E-state index is 10.7.